The van der Waals surface area contributed by atoms with E-state index in [9.17, 15) is 0 Å². The summed E-state index contributed by atoms with van der Waals surface area (Å²) in [4.78, 5) is 0. The minimum Gasteiger partial charge on any atom is -0.456 e. The molecule has 3 heteroatoms. The molecule has 184 valence electrons. The summed E-state index contributed by atoms with van der Waals surface area (Å²) >= 11 is 6.15. The van der Waals surface area contributed by atoms with E-state index in [1.54, 1.807) is 0 Å². The smallest absolute Gasteiger partial charge is 0.135 e. The molecule has 0 atom stereocenters. The number of aromatic nitrogens is 1. The van der Waals surface area contributed by atoms with E-state index >= 15 is 0 Å². The molecule has 0 amide bonds. The zero-order valence-corrected chi connectivity index (χ0v) is 21.7. The highest BCUT2D eigenvalue weighted by Crippen LogP contribution is 2.39. The highest BCUT2D eigenvalue weighted by Gasteiger charge is 2.17. The maximum absolute atomic E-state index is 6.15. The molecule has 8 aromatic rings. The predicted molar refractivity (Wildman–Crippen MR) is 164 cm³/mol. The van der Waals surface area contributed by atoms with E-state index in [1.165, 1.54) is 32.9 Å². The highest BCUT2D eigenvalue weighted by molar-refractivity contribution is 6.30. The maximum atomic E-state index is 6.15. The molecule has 0 bridgehead atoms. The van der Waals surface area contributed by atoms with Gasteiger partial charge in [0.2, 0.25) is 0 Å². The van der Waals surface area contributed by atoms with Crippen LogP contribution < -0.4 is 0 Å². The number of para-hydroxylation sites is 3. The minimum atomic E-state index is 0.745. The van der Waals surface area contributed by atoms with Gasteiger partial charge in [0.25, 0.3) is 0 Å². The second kappa shape index (κ2) is 8.62. The molecule has 0 unspecified atom stereocenters. The molecule has 0 saturated carbocycles. The standard InChI is InChI=1S/C36H22ClNO/c37-26-17-13-23(14-18-26)24-15-19-34-30(21-24)28-8-2-5-11-33(28)38(34)32-10-4-1-7-27(32)25-16-20-36-31(22-25)29-9-3-6-12-35(29)39-36/h1-22H. The van der Waals surface area contributed by atoms with Crippen molar-refractivity contribution in [3.8, 4) is 27.9 Å². The number of nitrogens with zero attached hydrogens (tertiary/aromatic N) is 1. The molecule has 8 rings (SSSR count). The molecule has 39 heavy (non-hydrogen) atoms. The van der Waals surface area contributed by atoms with Crippen LogP contribution in [0.25, 0.3) is 71.7 Å². The summed E-state index contributed by atoms with van der Waals surface area (Å²) in [5.41, 5.74) is 9.99. The Morgan fingerprint density at radius 3 is 2.00 bits per heavy atom. The van der Waals surface area contributed by atoms with Crippen LogP contribution in [0.5, 0.6) is 0 Å². The zero-order valence-electron chi connectivity index (χ0n) is 20.9. The van der Waals surface area contributed by atoms with E-state index < -0.39 is 0 Å². The van der Waals surface area contributed by atoms with Crippen molar-refractivity contribution in [2.75, 3.05) is 0 Å². The van der Waals surface area contributed by atoms with Crippen LogP contribution in [-0.4, -0.2) is 4.57 Å². The van der Waals surface area contributed by atoms with Crippen LogP contribution in [0.3, 0.4) is 0 Å². The molecule has 0 saturated heterocycles. The Hall–Kier alpha value is -4.79. The van der Waals surface area contributed by atoms with Crippen molar-refractivity contribution in [1.29, 1.82) is 0 Å². The van der Waals surface area contributed by atoms with Gasteiger partial charge in [-0.3, -0.25) is 0 Å². The summed E-state index contributed by atoms with van der Waals surface area (Å²) in [6, 6.07) is 46.8. The van der Waals surface area contributed by atoms with Gasteiger partial charge < -0.3 is 8.98 Å². The molecular formula is C36H22ClNO. The lowest BCUT2D eigenvalue weighted by molar-refractivity contribution is 0.669. The van der Waals surface area contributed by atoms with Gasteiger partial charge in [-0.1, -0.05) is 90.5 Å². The maximum Gasteiger partial charge on any atom is 0.135 e. The first-order valence-corrected chi connectivity index (χ1v) is 13.4. The first kappa shape index (κ1) is 22.2. The van der Waals surface area contributed by atoms with E-state index in [2.05, 4.69) is 114 Å². The Kier molecular flexibility index (Phi) is 4.91. The van der Waals surface area contributed by atoms with Crippen molar-refractivity contribution in [3.05, 3.63) is 138 Å². The van der Waals surface area contributed by atoms with E-state index in [0.717, 1.165) is 43.8 Å². The molecule has 0 N–H and O–H groups in total. The topological polar surface area (TPSA) is 18.1 Å². The Balaban J connectivity index is 1.37. The molecule has 0 aliphatic rings. The van der Waals surface area contributed by atoms with E-state index in [4.69, 9.17) is 16.0 Å². The van der Waals surface area contributed by atoms with Gasteiger partial charge in [0.05, 0.1) is 16.7 Å². The van der Waals surface area contributed by atoms with E-state index in [1.807, 2.05) is 24.3 Å². The molecule has 0 aliphatic carbocycles. The predicted octanol–water partition coefficient (Wildman–Crippen LogP) is 10.7. The lowest BCUT2D eigenvalue weighted by Gasteiger charge is -2.14. The third kappa shape index (κ3) is 3.49. The third-order valence-electron chi connectivity index (χ3n) is 7.68. The number of fused-ring (bicyclic) bond motifs is 6. The lowest BCUT2D eigenvalue weighted by atomic mass is 10.0. The third-order valence-corrected chi connectivity index (χ3v) is 7.93. The molecule has 2 aromatic heterocycles. The molecule has 6 aromatic carbocycles. The second-order valence-electron chi connectivity index (χ2n) is 9.92. The molecule has 0 radical (unpaired) electrons. The normalized spacial score (nSPS) is 11.7. The van der Waals surface area contributed by atoms with Crippen molar-refractivity contribution in [2.24, 2.45) is 0 Å². The molecule has 2 nitrogen and oxygen atoms in total. The summed E-state index contributed by atoms with van der Waals surface area (Å²) in [6.07, 6.45) is 0. The van der Waals surface area contributed by atoms with Crippen LogP contribution >= 0.6 is 11.6 Å². The van der Waals surface area contributed by atoms with Crippen LogP contribution in [0.2, 0.25) is 5.02 Å². The van der Waals surface area contributed by atoms with Gasteiger partial charge in [0, 0.05) is 32.1 Å². The lowest BCUT2D eigenvalue weighted by Crippen LogP contribution is -1.97. The number of furan rings is 1. The van der Waals surface area contributed by atoms with Crippen LogP contribution in [0.15, 0.2) is 138 Å². The van der Waals surface area contributed by atoms with Crippen molar-refractivity contribution in [3.63, 3.8) is 0 Å². The van der Waals surface area contributed by atoms with Gasteiger partial charge in [0.1, 0.15) is 11.2 Å². The van der Waals surface area contributed by atoms with Gasteiger partial charge in [0.15, 0.2) is 0 Å². The Morgan fingerprint density at radius 2 is 1.10 bits per heavy atom. The molecule has 2 heterocycles. The molecule has 0 spiro atoms. The fourth-order valence-electron chi connectivity index (χ4n) is 5.86. The van der Waals surface area contributed by atoms with Crippen molar-refractivity contribution >= 4 is 55.3 Å². The van der Waals surface area contributed by atoms with Crippen molar-refractivity contribution in [2.45, 2.75) is 0 Å². The van der Waals surface area contributed by atoms with Gasteiger partial charge in [-0.15, -0.1) is 0 Å². The largest absolute Gasteiger partial charge is 0.456 e. The average Bonchev–Trinajstić information content (AvgIpc) is 3.52. The Labute approximate surface area is 230 Å². The number of hydrogen-bond donors (Lipinski definition) is 0. The summed E-state index contributed by atoms with van der Waals surface area (Å²) in [5.74, 6) is 0. The van der Waals surface area contributed by atoms with Gasteiger partial charge >= 0.3 is 0 Å². The van der Waals surface area contributed by atoms with Crippen molar-refractivity contribution < 1.29 is 4.42 Å². The van der Waals surface area contributed by atoms with Crippen LogP contribution in [0.1, 0.15) is 0 Å². The van der Waals surface area contributed by atoms with Crippen LogP contribution in [-0.2, 0) is 0 Å². The average molecular weight is 520 g/mol. The molecule has 0 fully saturated rings. The number of hydrogen-bond acceptors (Lipinski definition) is 1. The summed E-state index contributed by atoms with van der Waals surface area (Å²) in [6.45, 7) is 0. The monoisotopic (exact) mass is 519 g/mol. The fraction of sp³-hybridized carbons (Fsp3) is 0. The Bertz CT molecular complexity index is 2180. The first-order chi connectivity index (χ1) is 19.2. The number of rotatable bonds is 3. The minimum absolute atomic E-state index is 0.745. The number of halogens is 1. The highest BCUT2D eigenvalue weighted by atomic mass is 35.5. The van der Waals surface area contributed by atoms with E-state index in [-0.39, 0.29) is 0 Å². The van der Waals surface area contributed by atoms with Crippen LogP contribution in [0, 0.1) is 0 Å². The fourth-order valence-corrected chi connectivity index (χ4v) is 5.99. The number of benzene rings is 6. The van der Waals surface area contributed by atoms with Gasteiger partial charge in [-0.2, -0.15) is 0 Å². The first-order valence-electron chi connectivity index (χ1n) is 13.0. The summed E-state index contributed by atoms with van der Waals surface area (Å²) in [7, 11) is 0. The Morgan fingerprint density at radius 1 is 0.462 bits per heavy atom. The summed E-state index contributed by atoms with van der Waals surface area (Å²) < 4.78 is 8.49. The zero-order chi connectivity index (χ0) is 25.9. The van der Waals surface area contributed by atoms with Crippen molar-refractivity contribution in [1.82, 2.24) is 4.57 Å². The molecule has 0 aliphatic heterocycles. The van der Waals surface area contributed by atoms with E-state index in [0.29, 0.717) is 0 Å². The quantitative estimate of drug-likeness (QED) is 0.227. The van der Waals surface area contributed by atoms with Gasteiger partial charge in [-0.05, 0) is 71.3 Å². The second-order valence-corrected chi connectivity index (χ2v) is 10.4. The SMILES string of the molecule is Clc1ccc(-c2ccc3c(c2)c2ccccc2n3-c2ccccc2-c2ccc3oc4ccccc4c3c2)cc1. The summed E-state index contributed by atoms with van der Waals surface area (Å²) in [5, 5.41) is 5.47. The van der Waals surface area contributed by atoms with Gasteiger partial charge in [-0.25, -0.2) is 0 Å². The van der Waals surface area contributed by atoms with Crippen LogP contribution in [0.4, 0.5) is 0 Å². The molecular weight excluding hydrogens is 498 g/mol.